The van der Waals surface area contributed by atoms with Crippen molar-refractivity contribution in [2.75, 3.05) is 26.8 Å². The van der Waals surface area contributed by atoms with Gasteiger partial charge in [-0.05, 0) is 25.8 Å². The fraction of sp³-hybridized carbons (Fsp3) is 0.714. The summed E-state index contributed by atoms with van der Waals surface area (Å²) in [5, 5.41) is 10.8. The molecule has 0 spiro atoms. The van der Waals surface area contributed by atoms with Gasteiger partial charge in [-0.1, -0.05) is 6.92 Å². The maximum Gasteiger partial charge on any atom is 0.191 e. The third kappa shape index (κ3) is 8.92. The second-order valence-electron chi connectivity index (χ2n) is 5.05. The van der Waals surface area contributed by atoms with Crippen molar-refractivity contribution in [1.29, 1.82) is 0 Å². The predicted octanol–water partition coefficient (Wildman–Crippen LogP) is 1.73. The maximum absolute atomic E-state index is 5.12. The Bertz CT molecular complexity index is 383. The fourth-order valence-electron chi connectivity index (χ4n) is 1.88. The van der Waals surface area contributed by atoms with Crippen LogP contribution in [0.25, 0.3) is 0 Å². The topological polar surface area (TPSA) is 63.5 Å². The fourth-order valence-corrected chi connectivity index (χ4v) is 1.88. The molecule has 7 heteroatoms. The summed E-state index contributed by atoms with van der Waals surface area (Å²) >= 11 is 0. The molecule has 1 rings (SSSR count). The first kappa shape index (κ1) is 20.2. The highest BCUT2D eigenvalue weighted by atomic mass is 127. The molecule has 0 fully saturated rings. The smallest absolute Gasteiger partial charge is 0.191 e. The Morgan fingerprint density at radius 3 is 2.76 bits per heavy atom. The Morgan fingerprint density at radius 1 is 1.43 bits per heavy atom. The average molecular weight is 409 g/mol. The van der Waals surface area contributed by atoms with E-state index in [1.54, 1.807) is 13.3 Å². The van der Waals surface area contributed by atoms with E-state index in [9.17, 15) is 0 Å². The number of guanidine groups is 1. The van der Waals surface area contributed by atoms with Crippen LogP contribution < -0.4 is 10.6 Å². The van der Waals surface area contributed by atoms with E-state index >= 15 is 0 Å². The molecule has 2 N–H and O–H groups in total. The predicted molar refractivity (Wildman–Crippen MR) is 97.3 cm³/mol. The van der Waals surface area contributed by atoms with Gasteiger partial charge in [-0.2, -0.15) is 5.10 Å². The minimum atomic E-state index is 0. The monoisotopic (exact) mass is 409 g/mol. The summed E-state index contributed by atoms with van der Waals surface area (Å²) in [4.78, 5) is 4.61. The highest BCUT2D eigenvalue weighted by Gasteiger charge is 2.06. The normalized spacial score (nSPS) is 14.2. The Kier molecular flexibility index (Phi) is 11.3. The molecular formula is C14H28IN5O. The van der Waals surface area contributed by atoms with Gasteiger partial charge in [0.05, 0.1) is 6.61 Å². The van der Waals surface area contributed by atoms with E-state index in [1.807, 2.05) is 16.9 Å². The zero-order valence-corrected chi connectivity index (χ0v) is 15.7. The number of hydrogen-bond donors (Lipinski definition) is 2. The van der Waals surface area contributed by atoms with Gasteiger partial charge in [0.2, 0.25) is 0 Å². The lowest BCUT2D eigenvalue weighted by atomic mass is 10.2. The van der Waals surface area contributed by atoms with Crippen molar-refractivity contribution in [3.05, 3.63) is 18.5 Å². The molecular weight excluding hydrogens is 381 g/mol. The molecule has 0 saturated carbocycles. The first-order valence-corrected chi connectivity index (χ1v) is 7.16. The number of ether oxygens (including phenoxy) is 1. The number of halogens is 1. The Morgan fingerprint density at radius 2 is 2.19 bits per heavy atom. The van der Waals surface area contributed by atoms with Gasteiger partial charge in [-0.15, -0.1) is 24.0 Å². The van der Waals surface area contributed by atoms with E-state index in [2.05, 4.69) is 41.5 Å². The molecule has 1 heterocycles. The third-order valence-corrected chi connectivity index (χ3v) is 2.76. The molecule has 1 aromatic heterocycles. The van der Waals surface area contributed by atoms with Crippen LogP contribution in [0.1, 0.15) is 20.8 Å². The lowest BCUT2D eigenvalue weighted by Crippen LogP contribution is -2.44. The summed E-state index contributed by atoms with van der Waals surface area (Å²) < 4.78 is 7.06. The molecule has 122 valence electrons. The summed E-state index contributed by atoms with van der Waals surface area (Å²) in [5.74, 6) is 1.27. The second kappa shape index (κ2) is 11.8. The lowest BCUT2D eigenvalue weighted by molar-refractivity contribution is 0.179. The first-order valence-electron chi connectivity index (χ1n) is 7.16. The lowest BCUT2D eigenvalue weighted by Gasteiger charge is -2.18. The highest BCUT2D eigenvalue weighted by Crippen LogP contribution is 2.00. The van der Waals surface area contributed by atoms with Gasteiger partial charge in [0.25, 0.3) is 0 Å². The molecule has 1 aromatic rings. The van der Waals surface area contributed by atoms with Gasteiger partial charge in [0, 0.05) is 45.2 Å². The van der Waals surface area contributed by atoms with Crippen LogP contribution in [-0.4, -0.2) is 48.6 Å². The summed E-state index contributed by atoms with van der Waals surface area (Å²) in [6.45, 7) is 9.45. The van der Waals surface area contributed by atoms with E-state index in [0.717, 1.165) is 25.6 Å². The zero-order valence-electron chi connectivity index (χ0n) is 13.4. The van der Waals surface area contributed by atoms with E-state index in [-0.39, 0.29) is 30.0 Å². The molecule has 0 aliphatic heterocycles. The van der Waals surface area contributed by atoms with Crippen molar-refractivity contribution in [3.8, 4) is 0 Å². The van der Waals surface area contributed by atoms with E-state index in [4.69, 9.17) is 4.74 Å². The van der Waals surface area contributed by atoms with Gasteiger partial charge in [-0.25, -0.2) is 0 Å². The van der Waals surface area contributed by atoms with Gasteiger partial charge in [0.15, 0.2) is 5.96 Å². The number of nitrogens with zero attached hydrogens (tertiary/aromatic N) is 3. The molecule has 0 aromatic carbocycles. The van der Waals surface area contributed by atoms with Crippen molar-refractivity contribution >= 4 is 29.9 Å². The quantitative estimate of drug-likeness (QED) is 0.390. The zero-order chi connectivity index (χ0) is 14.8. The number of rotatable bonds is 8. The average Bonchev–Trinajstić information content (AvgIpc) is 2.89. The van der Waals surface area contributed by atoms with Crippen LogP contribution in [-0.2, 0) is 11.3 Å². The third-order valence-electron chi connectivity index (χ3n) is 2.76. The SMILES string of the molecule is CCNC(=NCC(C)Cn1cccn1)NC(C)COC.I. The largest absolute Gasteiger partial charge is 0.383 e. The number of methoxy groups -OCH3 is 1. The standard InChI is InChI=1S/C14H27N5O.HI/c1-5-15-14(18-13(3)11-20-4)16-9-12(2)10-19-8-6-7-17-19;/h6-8,12-13H,5,9-11H2,1-4H3,(H2,15,16,18);1H. The number of aliphatic imine (C=N–C) groups is 1. The number of aromatic nitrogens is 2. The molecule has 0 radical (unpaired) electrons. The summed E-state index contributed by atoms with van der Waals surface area (Å²) in [5.41, 5.74) is 0. The first-order chi connectivity index (χ1) is 9.65. The molecule has 21 heavy (non-hydrogen) atoms. The number of nitrogens with one attached hydrogen (secondary N) is 2. The molecule has 0 amide bonds. The molecule has 0 aliphatic carbocycles. The number of hydrogen-bond acceptors (Lipinski definition) is 3. The minimum Gasteiger partial charge on any atom is -0.383 e. The van der Waals surface area contributed by atoms with Crippen LogP contribution in [0.3, 0.4) is 0 Å². The Balaban J connectivity index is 0.00000400. The van der Waals surface area contributed by atoms with Crippen LogP contribution in [0.5, 0.6) is 0 Å². The van der Waals surface area contributed by atoms with Crippen molar-refractivity contribution in [1.82, 2.24) is 20.4 Å². The van der Waals surface area contributed by atoms with Crippen LogP contribution >= 0.6 is 24.0 Å². The van der Waals surface area contributed by atoms with Gasteiger partial charge in [-0.3, -0.25) is 9.67 Å². The van der Waals surface area contributed by atoms with Crippen LogP contribution in [0.2, 0.25) is 0 Å². The second-order valence-corrected chi connectivity index (χ2v) is 5.05. The Labute approximate surface area is 144 Å². The minimum absolute atomic E-state index is 0. The van der Waals surface area contributed by atoms with Crippen LogP contribution in [0, 0.1) is 5.92 Å². The van der Waals surface area contributed by atoms with Crippen molar-refractivity contribution in [3.63, 3.8) is 0 Å². The van der Waals surface area contributed by atoms with Gasteiger partial charge in [0.1, 0.15) is 0 Å². The molecule has 6 nitrogen and oxygen atoms in total. The van der Waals surface area contributed by atoms with E-state index in [0.29, 0.717) is 12.5 Å². The van der Waals surface area contributed by atoms with Crippen LogP contribution in [0.15, 0.2) is 23.5 Å². The van der Waals surface area contributed by atoms with Crippen molar-refractivity contribution in [2.45, 2.75) is 33.4 Å². The summed E-state index contributed by atoms with van der Waals surface area (Å²) in [6, 6.07) is 2.17. The van der Waals surface area contributed by atoms with Gasteiger partial charge >= 0.3 is 0 Å². The molecule has 0 bridgehead atoms. The summed E-state index contributed by atoms with van der Waals surface area (Å²) in [7, 11) is 1.70. The van der Waals surface area contributed by atoms with Crippen molar-refractivity contribution in [2.24, 2.45) is 10.9 Å². The molecule has 2 unspecified atom stereocenters. The molecule has 2 atom stereocenters. The maximum atomic E-state index is 5.12. The van der Waals surface area contributed by atoms with E-state index < -0.39 is 0 Å². The van der Waals surface area contributed by atoms with Crippen molar-refractivity contribution < 1.29 is 4.74 Å². The molecule has 0 aliphatic rings. The van der Waals surface area contributed by atoms with Crippen LogP contribution in [0.4, 0.5) is 0 Å². The Hall–Kier alpha value is -0.830. The summed E-state index contributed by atoms with van der Waals surface area (Å²) in [6.07, 6.45) is 3.78. The van der Waals surface area contributed by atoms with E-state index in [1.165, 1.54) is 0 Å². The van der Waals surface area contributed by atoms with Gasteiger partial charge < -0.3 is 15.4 Å². The molecule has 0 saturated heterocycles. The highest BCUT2D eigenvalue weighted by molar-refractivity contribution is 14.0.